The number of pyridine rings is 1. The lowest BCUT2D eigenvalue weighted by Crippen LogP contribution is -2.08. The first-order chi connectivity index (χ1) is 10.2. The van der Waals surface area contributed by atoms with E-state index in [1.165, 1.54) is 11.1 Å². The van der Waals surface area contributed by atoms with Crippen LogP contribution in [0.1, 0.15) is 22.6 Å². The Morgan fingerprint density at radius 3 is 2.81 bits per heavy atom. The molecule has 0 spiro atoms. The summed E-state index contributed by atoms with van der Waals surface area (Å²) >= 11 is 5.93. The fourth-order valence-corrected chi connectivity index (χ4v) is 2.74. The van der Waals surface area contributed by atoms with Crippen LogP contribution in [0.3, 0.4) is 0 Å². The average molecular weight is 300 g/mol. The number of rotatable bonds is 4. The maximum atomic E-state index is 5.93. The van der Waals surface area contributed by atoms with E-state index >= 15 is 0 Å². The quantitative estimate of drug-likeness (QED) is 0.685. The van der Waals surface area contributed by atoms with Crippen LogP contribution >= 0.6 is 11.6 Å². The lowest BCUT2D eigenvalue weighted by atomic mass is 10.2. The number of fused-ring (bicyclic) bond motifs is 1. The molecule has 3 nitrogen and oxygen atoms in total. The summed E-state index contributed by atoms with van der Waals surface area (Å²) in [6.07, 6.45) is 2.61. The van der Waals surface area contributed by atoms with Gasteiger partial charge in [-0.15, -0.1) is 11.6 Å². The monoisotopic (exact) mass is 299 g/mol. The van der Waals surface area contributed by atoms with Crippen LogP contribution in [0.2, 0.25) is 0 Å². The number of alkyl halides is 1. The van der Waals surface area contributed by atoms with Crippen molar-refractivity contribution in [3.05, 3.63) is 59.2 Å². The predicted molar refractivity (Wildman–Crippen MR) is 87.0 cm³/mol. The first-order valence-electron chi connectivity index (χ1n) is 7.11. The molecule has 3 aromatic rings. The molecule has 21 heavy (non-hydrogen) atoms. The van der Waals surface area contributed by atoms with Crippen molar-refractivity contribution < 1.29 is 0 Å². The Kier molecular flexibility index (Phi) is 3.93. The lowest BCUT2D eigenvalue weighted by Gasteiger charge is -2.10. The molecule has 0 aliphatic rings. The summed E-state index contributed by atoms with van der Waals surface area (Å²) in [6, 6.07) is 10.4. The molecule has 2 aromatic heterocycles. The maximum absolute atomic E-state index is 5.93. The van der Waals surface area contributed by atoms with Crippen molar-refractivity contribution in [1.29, 1.82) is 0 Å². The van der Waals surface area contributed by atoms with E-state index in [2.05, 4.69) is 47.7 Å². The van der Waals surface area contributed by atoms with Crippen LogP contribution in [0.25, 0.3) is 11.0 Å². The summed E-state index contributed by atoms with van der Waals surface area (Å²) in [6.45, 7) is 4.93. The van der Waals surface area contributed by atoms with E-state index in [-0.39, 0.29) is 0 Å². The Hall–Kier alpha value is -1.87. The van der Waals surface area contributed by atoms with Crippen molar-refractivity contribution in [1.82, 2.24) is 14.5 Å². The fourth-order valence-electron chi connectivity index (χ4n) is 2.57. The second kappa shape index (κ2) is 5.86. The highest BCUT2D eigenvalue weighted by Crippen LogP contribution is 2.20. The number of halogens is 1. The molecular formula is C17H18ClN3. The molecule has 0 saturated heterocycles. The van der Waals surface area contributed by atoms with Gasteiger partial charge < -0.3 is 4.57 Å². The summed E-state index contributed by atoms with van der Waals surface area (Å²) in [5.41, 5.74) is 5.69. The Labute approximate surface area is 129 Å². The molecule has 3 rings (SSSR count). The van der Waals surface area contributed by atoms with Crippen molar-refractivity contribution in [2.75, 3.05) is 5.88 Å². The first-order valence-corrected chi connectivity index (χ1v) is 7.64. The summed E-state index contributed by atoms with van der Waals surface area (Å²) in [5.74, 6) is 1.60. The molecule has 2 heterocycles. The molecule has 0 fully saturated rings. The maximum Gasteiger partial charge on any atom is 0.111 e. The molecule has 0 radical (unpaired) electrons. The van der Waals surface area contributed by atoms with Gasteiger partial charge in [0.1, 0.15) is 5.82 Å². The highest BCUT2D eigenvalue weighted by Gasteiger charge is 2.12. The minimum absolute atomic E-state index is 0.573. The van der Waals surface area contributed by atoms with Gasteiger partial charge in [-0.2, -0.15) is 0 Å². The number of aryl methyl sites for hydroxylation is 3. The lowest BCUT2D eigenvalue weighted by molar-refractivity contribution is 0.733. The normalized spacial score (nSPS) is 11.2. The molecule has 0 unspecified atom stereocenters. The van der Waals surface area contributed by atoms with Gasteiger partial charge in [-0.3, -0.25) is 4.98 Å². The van der Waals surface area contributed by atoms with E-state index < -0.39 is 0 Å². The highest BCUT2D eigenvalue weighted by atomic mass is 35.5. The van der Waals surface area contributed by atoms with E-state index in [1.807, 2.05) is 12.3 Å². The molecule has 4 heteroatoms. The minimum Gasteiger partial charge on any atom is -0.322 e. The molecular weight excluding hydrogens is 282 g/mol. The molecule has 0 saturated carbocycles. The zero-order valence-electron chi connectivity index (χ0n) is 12.3. The molecule has 108 valence electrons. The van der Waals surface area contributed by atoms with Gasteiger partial charge in [0.05, 0.1) is 23.3 Å². The molecule has 0 aliphatic heterocycles. The predicted octanol–water partition coefficient (Wildman–Crippen LogP) is 3.88. The van der Waals surface area contributed by atoms with Gasteiger partial charge in [-0.1, -0.05) is 12.1 Å². The van der Waals surface area contributed by atoms with Gasteiger partial charge in [-0.25, -0.2) is 4.98 Å². The standard InChI is InChI=1S/C17H18ClN3/c1-12-5-6-14-16(10-12)21(17(20-14)7-8-18)11-15-13(2)4-3-9-19-15/h3-6,9-10H,7-8,11H2,1-2H3. The number of imidazole rings is 1. The molecule has 0 N–H and O–H groups in total. The second-order valence-corrected chi connectivity index (χ2v) is 5.69. The summed E-state index contributed by atoms with van der Waals surface area (Å²) in [7, 11) is 0. The molecule has 0 amide bonds. The topological polar surface area (TPSA) is 30.7 Å². The zero-order chi connectivity index (χ0) is 14.8. The first kappa shape index (κ1) is 14.1. The third kappa shape index (κ3) is 2.79. The number of hydrogen-bond donors (Lipinski definition) is 0. The Morgan fingerprint density at radius 1 is 1.19 bits per heavy atom. The Balaban J connectivity index is 2.12. The van der Waals surface area contributed by atoms with Gasteiger partial charge in [0, 0.05) is 18.5 Å². The van der Waals surface area contributed by atoms with E-state index in [0.717, 1.165) is 35.5 Å². The number of benzene rings is 1. The van der Waals surface area contributed by atoms with Gasteiger partial charge in [0.25, 0.3) is 0 Å². The molecule has 0 bridgehead atoms. The SMILES string of the molecule is Cc1ccc2nc(CCCl)n(Cc3ncccc3C)c2c1. The fraction of sp³-hybridized carbons (Fsp3) is 0.294. The van der Waals surface area contributed by atoms with Gasteiger partial charge in [-0.05, 0) is 43.2 Å². The van der Waals surface area contributed by atoms with Crippen LogP contribution in [-0.2, 0) is 13.0 Å². The van der Waals surface area contributed by atoms with Gasteiger partial charge in [0.2, 0.25) is 0 Å². The Bertz CT molecular complexity index is 777. The van der Waals surface area contributed by atoms with Crippen molar-refractivity contribution in [2.45, 2.75) is 26.8 Å². The summed E-state index contributed by atoms with van der Waals surface area (Å²) in [5, 5.41) is 0. The smallest absolute Gasteiger partial charge is 0.111 e. The van der Waals surface area contributed by atoms with Crippen molar-refractivity contribution in [3.63, 3.8) is 0 Å². The third-order valence-corrected chi connectivity index (χ3v) is 3.92. The number of hydrogen-bond acceptors (Lipinski definition) is 2. The van der Waals surface area contributed by atoms with Crippen LogP contribution in [0.5, 0.6) is 0 Å². The van der Waals surface area contributed by atoms with Crippen molar-refractivity contribution in [3.8, 4) is 0 Å². The van der Waals surface area contributed by atoms with Crippen molar-refractivity contribution >= 4 is 22.6 Å². The summed E-state index contributed by atoms with van der Waals surface area (Å²) in [4.78, 5) is 9.22. The zero-order valence-corrected chi connectivity index (χ0v) is 13.1. The van der Waals surface area contributed by atoms with Crippen LogP contribution in [0, 0.1) is 13.8 Å². The molecule has 0 atom stereocenters. The third-order valence-electron chi connectivity index (χ3n) is 3.73. The van der Waals surface area contributed by atoms with Crippen LogP contribution < -0.4 is 0 Å². The Morgan fingerprint density at radius 2 is 2.05 bits per heavy atom. The van der Waals surface area contributed by atoms with Crippen molar-refractivity contribution in [2.24, 2.45) is 0 Å². The largest absolute Gasteiger partial charge is 0.322 e. The van der Waals surface area contributed by atoms with E-state index in [1.54, 1.807) is 0 Å². The second-order valence-electron chi connectivity index (χ2n) is 5.31. The van der Waals surface area contributed by atoms with Gasteiger partial charge in [0.15, 0.2) is 0 Å². The summed E-state index contributed by atoms with van der Waals surface area (Å²) < 4.78 is 2.24. The molecule has 1 aromatic carbocycles. The number of aromatic nitrogens is 3. The van der Waals surface area contributed by atoms with Crippen LogP contribution in [-0.4, -0.2) is 20.4 Å². The van der Waals surface area contributed by atoms with Crippen LogP contribution in [0.15, 0.2) is 36.5 Å². The van der Waals surface area contributed by atoms with E-state index in [9.17, 15) is 0 Å². The molecule has 0 aliphatic carbocycles. The van der Waals surface area contributed by atoms with Crippen LogP contribution in [0.4, 0.5) is 0 Å². The van der Waals surface area contributed by atoms with E-state index in [0.29, 0.717) is 5.88 Å². The highest BCUT2D eigenvalue weighted by molar-refractivity contribution is 6.17. The van der Waals surface area contributed by atoms with E-state index in [4.69, 9.17) is 16.6 Å². The average Bonchev–Trinajstić information content (AvgIpc) is 2.79. The number of nitrogens with zero attached hydrogens (tertiary/aromatic N) is 3. The van der Waals surface area contributed by atoms with Gasteiger partial charge >= 0.3 is 0 Å². The minimum atomic E-state index is 0.573.